The van der Waals surface area contributed by atoms with Crippen molar-refractivity contribution in [2.24, 2.45) is 0 Å². The second-order valence-corrected chi connectivity index (χ2v) is 5.65. The molecule has 0 aliphatic heterocycles. The summed E-state index contributed by atoms with van der Waals surface area (Å²) in [5.41, 5.74) is 1.92. The molecule has 0 aromatic heterocycles. The number of nitrogens with one attached hydrogen (secondary N) is 1. The SMILES string of the molecule is CCCOc1ccc(Cl)cc1CNc1ccc(OC)c(Cl)c1. The molecule has 1 N–H and O–H groups in total. The number of rotatable bonds is 7. The third kappa shape index (κ3) is 4.46. The summed E-state index contributed by atoms with van der Waals surface area (Å²) in [7, 11) is 1.59. The van der Waals surface area contributed by atoms with Gasteiger partial charge in [0.25, 0.3) is 0 Å². The number of halogens is 2. The lowest BCUT2D eigenvalue weighted by Gasteiger charge is -2.13. The minimum Gasteiger partial charge on any atom is -0.495 e. The standard InChI is InChI=1S/C17H19Cl2NO2/c1-3-8-22-16-6-4-13(18)9-12(16)11-20-14-5-7-17(21-2)15(19)10-14/h4-7,9-10,20H,3,8,11H2,1-2H3. The van der Waals surface area contributed by atoms with Crippen LogP contribution >= 0.6 is 23.2 Å². The third-order valence-electron chi connectivity index (χ3n) is 3.12. The van der Waals surface area contributed by atoms with Crippen LogP contribution in [0.5, 0.6) is 11.5 Å². The maximum absolute atomic E-state index is 6.13. The molecule has 2 aromatic rings. The zero-order valence-corrected chi connectivity index (χ0v) is 14.2. The van der Waals surface area contributed by atoms with Gasteiger partial charge in [-0.1, -0.05) is 30.1 Å². The van der Waals surface area contributed by atoms with Crippen LogP contribution in [0.25, 0.3) is 0 Å². The summed E-state index contributed by atoms with van der Waals surface area (Å²) in [4.78, 5) is 0. The molecule has 2 rings (SSSR count). The Bertz CT molecular complexity index is 632. The lowest BCUT2D eigenvalue weighted by atomic mass is 10.2. The number of hydrogen-bond acceptors (Lipinski definition) is 3. The van der Waals surface area contributed by atoms with Gasteiger partial charge < -0.3 is 14.8 Å². The number of methoxy groups -OCH3 is 1. The summed E-state index contributed by atoms with van der Waals surface area (Å²) in [5, 5.41) is 4.58. The summed E-state index contributed by atoms with van der Waals surface area (Å²) in [6.07, 6.45) is 0.962. The van der Waals surface area contributed by atoms with Gasteiger partial charge in [0.1, 0.15) is 11.5 Å². The summed E-state index contributed by atoms with van der Waals surface area (Å²) < 4.78 is 10.9. The van der Waals surface area contributed by atoms with Crippen LogP contribution in [0.1, 0.15) is 18.9 Å². The first-order chi connectivity index (χ1) is 10.6. The molecule has 0 aliphatic carbocycles. The fourth-order valence-electron chi connectivity index (χ4n) is 2.01. The highest BCUT2D eigenvalue weighted by atomic mass is 35.5. The average molecular weight is 340 g/mol. The van der Waals surface area contributed by atoms with Crippen molar-refractivity contribution in [3.8, 4) is 11.5 Å². The van der Waals surface area contributed by atoms with E-state index in [1.54, 1.807) is 7.11 Å². The van der Waals surface area contributed by atoms with Gasteiger partial charge in [0.2, 0.25) is 0 Å². The van der Waals surface area contributed by atoms with Gasteiger partial charge in [0, 0.05) is 22.8 Å². The van der Waals surface area contributed by atoms with E-state index in [-0.39, 0.29) is 0 Å². The zero-order valence-electron chi connectivity index (χ0n) is 12.7. The Balaban J connectivity index is 2.10. The predicted molar refractivity (Wildman–Crippen MR) is 92.6 cm³/mol. The number of hydrogen-bond donors (Lipinski definition) is 1. The second kappa shape index (κ2) is 8.16. The van der Waals surface area contributed by atoms with E-state index in [4.69, 9.17) is 32.7 Å². The van der Waals surface area contributed by atoms with E-state index in [2.05, 4.69) is 12.2 Å². The van der Waals surface area contributed by atoms with Crippen LogP contribution in [-0.2, 0) is 6.54 Å². The molecule has 0 unspecified atom stereocenters. The van der Waals surface area contributed by atoms with Gasteiger partial charge >= 0.3 is 0 Å². The van der Waals surface area contributed by atoms with Crippen molar-refractivity contribution in [3.05, 3.63) is 52.0 Å². The van der Waals surface area contributed by atoms with Crippen LogP contribution in [0.2, 0.25) is 10.0 Å². The van der Waals surface area contributed by atoms with Crippen LogP contribution < -0.4 is 14.8 Å². The highest BCUT2D eigenvalue weighted by Crippen LogP contribution is 2.28. The first kappa shape index (κ1) is 16.8. The highest BCUT2D eigenvalue weighted by Gasteiger charge is 2.06. The normalized spacial score (nSPS) is 10.4. The second-order valence-electron chi connectivity index (χ2n) is 4.80. The van der Waals surface area contributed by atoms with Crippen molar-refractivity contribution in [2.45, 2.75) is 19.9 Å². The van der Waals surface area contributed by atoms with Crippen LogP contribution in [0.3, 0.4) is 0 Å². The summed E-state index contributed by atoms with van der Waals surface area (Å²) in [6, 6.07) is 11.2. The first-order valence-corrected chi connectivity index (χ1v) is 7.88. The van der Waals surface area contributed by atoms with Gasteiger partial charge in [0.05, 0.1) is 18.7 Å². The van der Waals surface area contributed by atoms with E-state index in [9.17, 15) is 0 Å². The summed E-state index contributed by atoms with van der Waals surface area (Å²) in [6.45, 7) is 3.36. The van der Waals surface area contributed by atoms with E-state index in [0.717, 1.165) is 23.4 Å². The molecule has 118 valence electrons. The Morgan fingerprint density at radius 1 is 1.05 bits per heavy atom. The topological polar surface area (TPSA) is 30.5 Å². The molecule has 0 atom stereocenters. The quantitative estimate of drug-likeness (QED) is 0.732. The molecular formula is C17H19Cl2NO2. The van der Waals surface area contributed by atoms with Gasteiger partial charge in [-0.25, -0.2) is 0 Å². The molecule has 0 bridgehead atoms. The summed E-state index contributed by atoms with van der Waals surface area (Å²) >= 11 is 12.2. The monoisotopic (exact) mass is 339 g/mol. The Morgan fingerprint density at radius 3 is 2.50 bits per heavy atom. The average Bonchev–Trinajstić information content (AvgIpc) is 2.52. The molecule has 0 fully saturated rings. The predicted octanol–water partition coefficient (Wildman–Crippen LogP) is 5.40. The molecule has 22 heavy (non-hydrogen) atoms. The molecule has 0 radical (unpaired) electrons. The van der Waals surface area contributed by atoms with Gasteiger partial charge in [-0.05, 0) is 42.8 Å². The van der Waals surface area contributed by atoms with E-state index in [1.807, 2.05) is 36.4 Å². The molecule has 0 heterocycles. The van der Waals surface area contributed by atoms with E-state index in [0.29, 0.717) is 28.9 Å². The molecule has 2 aromatic carbocycles. The molecule has 0 amide bonds. The van der Waals surface area contributed by atoms with Crippen molar-refractivity contribution in [1.29, 1.82) is 0 Å². The lowest BCUT2D eigenvalue weighted by molar-refractivity contribution is 0.314. The fourth-order valence-corrected chi connectivity index (χ4v) is 2.47. The smallest absolute Gasteiger partial charge is 0.137 e. The largest absolute Gasteiger partial charge is 0.495 e. The molecule has 0 saturated carbocycles. The maximum atomic E-state index is 6.13. The number of ether oxygens (including phenoxy) is 2. The molecule has 0 saturated heterocycles. The van der Waals surface area contributed by atoms with E-state index >= 15 is 0 Å². The van der Waals surface area contributed by atoms with Crippen molar-refractivity contribution in [2.75, 3.05) is 19.0 Å². The number of anilines is 1. The first-order valence-electron chi connectivity index (χ1n) is 7.12. The minimum atomic E-state index is 0.570. The zero-order chi connectivity index (χ0) is 15.9. The molecule has 0 spiro atoms. The van der Waals surface area contributed by atoms with Crippen molar-refractivity contribution < 1.29 is 9.47 Å². The lowest BCUT2D eigenvalue weighted by Crippen LogP contribution is -2.04. The van der Waals surface area contributed by atoms with Crippen molar-refractivity contribution in [1.82, 2.24) is 0 Å². The third-order valence-corrected chi connectivity index (χ3v) is 3.65. The Morgan fingerprint density at radius 2 is 1.82 bits per heavy atom. The Hall–Kier alpha value is -1.58. The van der Waals surface area contributed by atoms with E-state index < -0.39 is 0 Å². The minimum absolute atomic E-state index is 0.570. The van der Waals surface area contributed by atoms with Crippen molar-refractivity contribution >= 4 is 28.9 Å². The molecule has 3 nitrogen and oxygen atoms in total. The Kier molecular flexibility index (Phi) is 6.22. The van der Waals surface area contributed by atoms with Crippen LogP contribution in [-0.4, -0.2) is 13.7 Å². The van der Waals surface area contributed by atoms with E-state index in [1.165, 1.54) is 0 Å². The van der Waals surface area contributed by atoms with Crippen LogP contribution in [0.15, 0.2) is 36.4 Å². The van der Waals surface area contributed by atoms with Gasteiger partial charge in [0.15, 0.2) is 0 Å². The van der Waals surface area contributed by atoms with Crippen molar-refractivity contribution in [3.63, 3.8) is 0 Å². The van der Waals surface area contributed by atoms with Crippen LogP contribution in [0, 0.1) is 0 Å². The fraction of sp³-hybridized carbons (Fsp3) is 0.294. The maximum Gasteiger partial charge on any atom is 0.137 e. The number of benzene rings is 2. The molecule has 0 aliphatic rings. The highest BCUT2D eigenvalue weighted by molar-refractivity contribution is 6.32. The van der Waals surface area contributed by atoms with Gasteiger partial charge in [-0.15, -0.1) is 0 Å². The van der Waals surface area contributed by atoms with Gasteiger partial charge in [-0.3, -0.25) is 0 Å². The molecular weight excluding hydrogens is 321 g/mol. The van der Waals surface area contributed by atoms with Crippen LogP contribution in [0.4, 0.5) is 5.69 Å². The Labute approximate surface area is 141 Å². The summed E-state index contributed by atoms with van der Waals surface area (Å²) in [5.74, 6) is 1.50. The van der Waals surface area contributed by atoms with Gasteiger partial charge in [-0.2, -0.15) is 0 Å². The molecule has 5 heteroatoms.